The zero-order valence-corrected chi connectivity index (χ0v) is 11.7. The van der Waals surface area contributed by atoms with Crippen LogP contribution in [0, 0.1) is 0 Å². The maximum Gasteiger partial charge on any atom is 0.338 e. The van der Waals surface area contributed by atoms with Crippen LogP contribution in [0.2, 0.25) is 0 Å². The van der Waals surface area contributed by atoms with Crippen molar-refractivity contribution in [1.82, 2.24) is 19.6 Å². The number of carboxylic acid groups (broad SMARTS) is 1. The molecule has 0 saturated heterocycles. The lowest BCUT2D eigenvalue weighted by Gasteiger charge is -2.02. The highest BCUT2D eigenvalue weighted by molar-refractivity contribution is 9.10. The number of carboxylic acids is 1. The van der Waals surface area contributed by atoms with Gasteiger partial charge in [0.1, 0.15) is 0 Å². The number of nitrogens with zero attached hydrogens (tertiary/aromatic N) is 4. The topological polar surface area (TPSA) is 72.9 Å². The summed E-state index contributed by atoms with van der Waals surface area (Å²) in [5, 5.41) is 17.2. The molecule has 0 atom stereocenters. The summed E-state index contributed by atoms with van der Waals surface area (Å²) >= 11 is 3.51. The van der Waals surface area contributed by atoms with E-state index in [-0.39, 0.29) is 5.56 Å². The molecule has 0 unspecified atom stereocenters. The van der Waals surface area contributed by atoms with Crippen LogP contribution in [-0.4, -0.2) is 30.6 Å². The number of aromatic carboxylic acids is 1. The van der Waals surface area contributed by atoms with Crippen LogP contribution < -0.4 is 0 Å². The fourth-order valence-corrected chi connectivity index (χ4v) is 2.45. The Balaban J connectivity index is 2.28. The molecule has 0 aromatic carbocycles. The molecule has 0 bridgehead atoms. The van der Waals surface area contributed by atoms with Gasteiger partial charge < -0.3 is 5.11 Å². The van der Waals surface area contributed by atoms with E-state index in [4.69, 9.17) is 5.11 Å². The number of carbonyl (C=O) groups is 1. The minimum absolute atomic E-state index is 0.184. The first-order valence-corrected chi connectivity index (χ1v) is 6.28. The highest BCUT2D eigenvalue weighted by Crippen LogP contribution is 2.22. The molecule has 0 aliphatic heterocycles. The average Bonchev–Trinajstić information content (AvgIpc) is 2.89. The van der Waals surface area contributed by atoms with Gasteiger partial charge in [0.05, 0.1) is 34.2 Å². The standard InChI is InChI=1S/C11H13BrN4O2/c1-3-8-10(12)9(15(2)14-8)6-16-5-7(4-13-16)11(17)18/h4-5H,3,6H2,1-2H3,(H,17,18). The van der Waals surface area contributed by atoms with E-state index in [0.29, 0.717) is 6.54 Å². The Morgan fingerprint density at radius 1 is 1.56 bits per heavy atom. The Kier molecular flexibility index (Phi) is 3.51. The summed E-state index contributed by atoms with van der Waals surface area (Å²) in [7, 11) is 1.86. The first kappa shape index (κ1) is 12.8. The first-order chi connectivity index (χ1) is 8.52. The number of aryl methyl sites for hydroxylation is 2. The monoisotopic (exact) mass is 312 g/mol. The smallest absolute Gasteiger partial charge is 0.338 e. The second-order valence-corrected chi connectivity index (χ2v) is 4.71. The van der Waals surface area contributed by atoms with E-state index in [2.05, 4.69) is 26.1 Å². The van der Waals surface area contributed by atoms with Crippen molar-refractivity contribution in [2.24, 2.45) is 7.05 Å². The molecule has 2 rings (SSSR count). The second-order valence-electron chi connectivity index (χ2n) is 3.92. The van der Waals surface area contributed by atoms with E-state index in [1.807, 2.05) is 14.0 Å². The van der Waals surface area contributed by atoms with Crippen LogP contribution in [0.25, 0.3) is 0 Å². The molecule has 0 amide bonds. The lowest BCUT2D eigenvalue weighted by atomic mass is 10.3. The summed E-state index contributed by atoms with van der Waals surface area (Å²) in [6.45, 7) is 2.52. The fraction of sp³-hybridized carbons (Fsp3) is 0.364. The van der Waals surface area contributed by atoms with Crippen molar-refractivity contribution in [3.8, 4) is 0 Å². The summed E-state index contributed by atoms with van der Waals surface area (Å²) in [6, 6.07) is 0. The number of halogens is 1. The lowest BCUT2D eigenvalue weighted by molar-refractivity contribution is 0.0697. The van der Waals surface area contributed by atoms with Gasteiger partial charge in [0.2, 0.25) is 0 Å². The Hall–Kier alpha value is -1.63. The van der Waals surface area contributed by atoms with Crippen LogP contribution in [0.4, 0.5) is 0 Å². The van der Waals surface area contributed by atoms with Gasteiger partial charge in [-0.05, 0) is 22.4 Å². The predicted octanol–water partition coefficient (Wildman–Crippen LogP) is 1.69. The second kappa shape index (κ2) is 4.93. The molecular formula is C11H13BrN4O2. The lowest BCUT2D eigenvalue weighted by Crippen LogP contribution is -2.06. The maximum absolute atomic E-state index is 10.8. The van der Waals surface area contributed by atoms with Crippen molar-refractivity contribution >= 4 is 21.9 Å². The van der Waals surface area contributed by atoms with E-state index < -0.39 is 5.97 Å². The number of rotatable bonds is 4. The summed E-state index contributed by atoms with van der Waals surface area (Å²) in [6.07, 6.45) is 3.69. The number of hydrogen-bond acceptors (Lipinski definition) is 3. The van der Waals surface area contributed by atoms with Crippen molar-refractivity contribution in [1.29, 1.82) is 0 Å². The molecule has 0 radical (unpaired) electrons. The quantitative estimate of drug-likeness (QED) is 0.932. The van der Waals surface area contributed by atoms with Gasteiger partial charge >= 0.3 is 5.97 Å². The molecule has 0 aliphatic rings. The molecule has 6 nitrogen and oxygen atoms in total. The molecule has 2 aromatic heterocycles. The minimum Gasteiger partial charge on any atom is -0.478 e. The number of hydrogen-bond donors (Lipinski definition) is 1. The SMILES string of the molecule is CCc1nn(C)c(Cn2cc(C(=O)O)cn2)c1Br. The minimum atomic E-state index is -0.973. The molecular weight excluding hydrogens is 300 g/mol. The fourth-order valence-electron chi connectivity index (χ4n) is 1.71. The molecule has 1 N–H and O–H groups in total. The van der Waals surface area contributed by atoms with Crippen molar-refractivity contribution in [2.75, 3.05) is 0 Å². The van der Waals surface area contributed by atoms with Crippen molar-refractivity contribution < 1.29 is 9.90 Å². The van der Waals surface area contributed by atoms with E-state index in [1.54, 1.807) is 9.36 Å². The highest BCUT2D eigenvalue weighted by Gasteiger charge is 2.14. The normalized spacial score (nSPS) is 10.8. The zero-order chi connectivity index (χ0) is 13.3. The highest BCUT2D eigenvalue weighted by atomic mass is 79.9. The summed E-state index contributed by atoms with van der Waals surface area (Å²) in [5.41, 5.74) is 2.13. The van der Waals surface area contributed by atoms with Gasteiger partial charge in [0, 0.05) is 13.2 Å². The van der Waals surface area contributed by atoms with Gasteiger partial charge in [-0.15, -0.1) is 0 Å². The molecule has 0 fully saturated rings. The van der Waals surface area contributed by atoms with Crippen LogP contribution in [0.3, 0.4) is 0 Å². The summed E-state index contributed by atoms with van der Waals surface area (Å²) in [5.74, 6) is -0.973. The molecule has 18 heavy (non-hydrogen) atoms. The van der Waals surface area contributed by atoms with Crippen LogP contribution >= 0.6 is 15.9 Å². The first-order valence-electron chi connectivity index (χ1n) is 5.49. The zero-order valence-electron chi connectivity index (χ0n) is 10.1. The number of aromatic nitrogens is 4. The molecule has 0 saturated carbocycles. The third-order valence-electron chi connectivity index (χ3n) is 2.69. The molecule has 2 aromatic rings. The molecule has 0 aliphatic carbocycles. The van der Waals surface area contributed by atoms with Crippen molar-refractivity contribution in [3.05, 3.63) is 33.8 Å². The van der Waals surface area contributed by atoms with E-state index in [1.165, 1.54) is 12.4 Å². The van der Waals surface area contributed by atoms with Crippen LogP contribution in [0.15, 0.2) is 16.9 Å². The third kappa shape index (κ3) is 2.31. The van der Waals surface area contributed by atoms with E-state index >= 15 is 0 Å². The Bertz CT molecular complexity index is 588. The molecule has 7 heteroatoms. The van der Waals surface area contributed by atoms with E-state index in [0.717, 1.165) is 22.3 Å². The maximum atomic E-state index is 10.8. The van der Waals surface area contributed by atoms with Crippen LogP contribution in [0.5, 0.6) is 0 Å². The Morgan fingerprint density at radius 3 is 2.78 bits per heavy atom. The van der Waals surface area contributed by atoms with Gasteiger partial charge in [-0.2, -0.15) is 10.2 Å². The van der Waals surface area contributed by atoms with Gasteiger partial charge in [0.15, 0.2) is 0 Å². The van der Waals surface area contributed by atoms with Gasteiger partial charge in [0.25, 0.3) is 0 Å². The summed E-state index contributed by atoms with van der Waals surface area (Å²) < 4.78 is 4.33. The van der Waals surface area contributed by atoms with Gasteiger partial charge in [-0.3, -0.25) is 9.36 Å². The molecule has 0 spiro atoms. The van der Waals surface area contributed by atoms with Crippen LogP contribution in [0.1, 0.15) is 28.7 Å². The van der Waals surface area contributed by atoms with Crippen molar-refractivity contribution in [2.45, 2.75) is 19.9 Å². The Morgan fingerprint density at radius 2 is 2.28 bits per heavy atom. The summed E-state index contributed by atoms with van der Waals surface area (Å²) in [4.78, 5) is 10.8. The van der Waals surface area contributed by atoms with Gasteiger partial charge in [-0.1, -0.05) is 6.92 Å². The van der Waals surface area contributed by atoms with Gasteiger partial charge in [-0.25, -0.2) is 4.79 Å². The Labute approximate surface area is 112 Å². The van der Waals surface area contributed by atoms with Crippen LogP contribution in [-0.2, 0) is 20.0 Å². The average molecular weight is 313 g/mol. The predicted molar refractivity (Wildman–Crippen MR) is 68.6 cm³/mol. The molecule has 96 valence electrons. The van der Waals surface area contributed by atoms with E-state index in [9.17, 15) is 4.79 Å². The largest absolute Gasteiger partial charge is 0.478 e. The third-order valence-corrected chi connectivity index (χ3v) is 3.61. The van der Waals surface area contributed by atoms with Crippen molar-refractivity contribution in [3.63, 3.8) is 0 Å². The molecule has 2 heterocycles.